The summed E-state index contributed by atoms with van der Waals surface area (Å²) in [5.41, 5.74) is 1.29. The van der Waals surface area contributed by atoms with Crippen molar-refractivity contribution in [1.29, 1.82) is 0 Å². The zero-order valence-electron chi connectivity index (χ0n) is 18.4. The summed E-state index contributed by atoms with van der Waals surface area (Å²) in [7, 11) is -0.251. The number of halogens is 1. The highest BCUT2D eigenvalue weighted by atomic mass is 32.2. The fourth-order valence-electron chi connectivity index (χ4n) is 3.43. The summed E-state index contributed by atoms with van der Waals surface area (Å²) in [4.78, 5) is 28.3. The van der Waals surface area contributed by atoms with Crippen molar-refractivity contribution >= 4 is 39.7 Å². The van der Waals surface area contributed by atoms with Crippen molar-refractivity contribution in [2.45, 2.75) is 26.2 Å². The van der Waals surface area contributed by atoms with Crippen LogP contribution in [0, 0.1) is 12.7 Å². The van der Waals surface area contributed by atoms with Crippen molar-refractivity contribution in [3.8, 4) is 11.3 Å². The number of hydrogen-bond acceptors (Lipinski definition) is 7. The minimum Gasteiger partial charge on any atom is -0.469 e. The summed E-state index contributed by atoms with van der Waals surface area (Å²) in [6.45, 7) is 1.79. The molecule has 0 atom stereocenters. The Labute approximate surface area is 191 Å². The van der Waals surface area contributed by atoms with Crippen LogP contribution in [0.4, 0.5) is 10.2 Å². The Morgan fingerprint density at radius 1 is 1.21 bits per heavy atom. The molecule has 0 bridgehead atoms. The Bertz CT molecular complexity index is 1250. The van der Waals surface area contributed by atoms with Gasteiger partial charge in [-0.05, 0) is 55.7 Å². The van der Waals surface area contributed by atoms with Crippen molar-refractivity contribution in [3.05, 3.63) is 47.3 Å². The number of benzene rings is 1. The number of nitrogens with one attached hydrogen (secondary N) is 1. The molecule has 1 aromatic carbocycles. The van der Waals surface area contributed by atoms with E-state index in [1.54, 1.807) is 13.0 Å². The molecule has 0 aliphatic heterocycles. The standard InChI is InChI=1S/C22H24FN3O6S/c1-13-12-16-18(21(28)24-2)19(14-7-9-15(23)10-8-14)32-22(16)25-20(13)26(33(29)30)11-5-4-6-17(27)31-3/h7-10,12,33H,4-6,11H2,1-3H3,(H,24,28). The van der Waals surface area contributed by atoms with Gasteiger partial charge in [-0.25, -0.2) is 12.8 Å². The number of pyridine rings is 1. The predicted octanol–water partition coefficient (Wildman–Crippen LogP) is 2.98. The second kappa shape index (κ2) is 10.4. The first-order valence-corrected chi connectivity index (χ1v) is 11.3. The molecule has 3 aromatic rings. The highest BCUT2D eigenvalue weighted by molar-refractivity contribution is 7.74. The third-order valence-corrected chi connectivity index (χ3v) is 5.86. The fourth-order valence-corrected chi connectivity index (χ4v) is 4.09. The molecule has 0 saturated carbocycles. The van der Waals surface area contributed by atoms with Crippen LogP contribution in [0.25, 0.3) is 22.4 Å². The Morgan fingerprint density at radius 2 is 1.91 bits per heavy atom. The van der Waals surface area contributed by atoms with Crippen molar-refractivity contribution in [1.82, 2.24) is 10.3 Å². The van der Waals surface area contributed by atoms with Crippen molar-refractivity contribution < 1.29 is 31.6 Å². The molecule has 1 N–H and O–H groups in total. The molecule has 0 saturated heterocycles. The maximum absolute atomic E-state index is 13.4. The summed E-state index contributed by atoms with van der Waals surface area (Å²) in [6, 6.07) is 7.10. The summed E-state index contributed by atoms with van der Waals surface area (Å²) in [5, 5.41) is 2.96. The van der Waals surface area contributed by atoms with E-state index >= 15 is 0 Å². The smallest absolute Gasteiger partial charge is 0.305 e. The van der Waals surface area contributed by atoms with Crippen LogP contribution in [0.5, 0.6) is 0 Å². The quantitative estimate of drug-likeness (QED) is 0.276. The number of ether oxygens (including phenoxy) is 1. The van der Waals surface area contributed by atoms with E-state index in [1.807, 2.05) is 0 Å². The lowest BCUT2D eigenvalue weighted by molar-refractivity contribution is -0.140. The van der Waals surface area contributed by atoms with Crippen LogP contribution < -0.4 is 9.62 Å². The highest BCUT2D eigenvalue weighted by Gasteiger charge is 2.25. The van der Waals surface area contributed by atoms with Crippen molar-refractivity contribution in [2.24, 2.45) is 0 Å². The molecule has 2 heterocycles. The lowest BCUT2D eigenvalue weighted by Gasteiger charge is -2.18. The molecule has 0 aliphatic carbocycles. The summed E-state index contributed by atoms with van der Waals surface area (Å²) < 4.78 is 48.9. The number of methoxy groups -OCH3 is 1. The Kier molecular flexibility index (Phi) is 7.64. The number of hydrogen-bond donors (Lipinski definition) is 2. The molecule has 0 spiro atoms. The summed E-state index contributed by atoms with van der Waals surface area (Å²) >= 11 is 0. The fraction of sp³-hybridized carbons (Fsp3) is 0.318. The number of rotatable bonds is 9. The third-order valence-electron chi connectivity index (χ3n) is 5.08. The number of anilines is 1. The van der Waals surface area contributed by atoms with Gasteiger partial charge in [-0.3, -0.25) is 13.9 Å². The number of amides is 1. The predicted molar refractivity (Wildman–Crippen MR) is 121 cm³/mol. The molecule has 1 amide bonds. The normalized spacial score (nSPS) is 11.1. The van der Waals surface area contributed by atoms with Crippen molar-refractivity contribution in [3.63, 3.8) is 0 Å². The molecule has 33 heavy (non-hydrogen) atoms. The molecule has 11 heteroatoms. The highest BCUT2D eigenvalue weighted by Crippen LogP contribution is 2.35. The Morgan fingerprint density at radius 3 is 2.52 bits per heavy atom. The van der Waals surface area contributed by atoms with Gasteiger partial charge in [0.25, 0.3) is 5.91 Å². The Balaban J connectivity index is 2.04. The summed E-state index contributed by atoms with van der Waals surface area (Å²) in [6.07, 6.45) is 1.05. The van der Waals surface area contributed by atoms with Crippen LogP contribution in [0.15, 0.2) is 34.7 Å². The van der Waals surface area contributed by atoms with Gasteiger partial charge in [-0.15, -0.1) is 0 Å². The molecule has 9 nitrogen and oxygen atoms in total. The lowest BCUT2D eigenvalue weighted by atomic mass is 10.0. The van der Waals surface area contributed by atoms with Gasteiger partial charge in [0.15, 0.2) is 0 Å². The minimum absolute atomic E-state index is 0.0740. The topological polar surface area (TPSA) is 119 Å². The molecular weight excluding hydrogens is 453 g/mol. The molecule has 3 rings (SSSR count). The second-order valence-corrected chi connectivity index (χ2v) is 8.23. The lowest BCUT2D eigenvalue weighted by Crippen LogP contribution is -2.24. The number of nitrogens with zero attached hydrogens (tertiary/aromatic N) is 2. The van der Waals surface area contributed by atoms with E-state index in [0.717, 1.165) is 4.31 Å². The van der Waals surface area contributed by atoms with Gasteiger partial charge < -0.3 is 14.5 Å². The minimum atomic E-state index is -3.02. The van der Waals surface area contributed by atoms with Crippen LogP contribution in [0.1, 0.15) is 35.2 Å². The van der Waals surface area contributed by atoms with Gasteiger partial charge in [0.2, 0.25) is 16.6 Å². The number of aromatic nitrogens is 1. The molecular formula is C22H24FN3O6S. The van der Waals surface area contributed by atoms with Crippen LogP contribution in [0.3, 0.4) is 0 Å². The van der Waals surface area contributed by atoms with E-state index in [1.165, 1.54) is 38.4 Å². The average Bonchev–Trinajstić information content (AvgIpc) is 3.16. The number of fused-ring (bicyclic) bond motifs is 1. The van der Waals surface area contributed by atoms with E-state index < -0.39 is 22.6 Å². The summed E-state index contributed by atoms with van der Waals surface area (Å²) in [5.74, 6) is -0.857. The maximum atomic E-state index is 13.4. The number of furan rings is 1. The number of thiol groups is 1. The Hall–Kier alpha value is -3.47. The van der Waals surface area contributed by atoms with Crippen LogP contribution in [0.2, 0.25) is 0 Å². The van der Waals surface area contributed by atoms with E-state index in [9.17, 15) is 22.4 Å². The van der Waals surface area contributed by atoms with E-state index in [0.29, 0.717) is 29.4 Å². The second-order valence-electron chi connectivity index (χ2n) is 7.27. The number of esters is 1. The van der Waals surface area contributed by atoms with Gasteiger partial charge in [-0.2, -0.15) is 4.98 Å². The maximum Gasteiger partial charge on any atom is 0.305 e. The van der Waals surface area contributed by atoms with Crippen LogP contribution in [-0.2, 0) is 20.4 Å². The zero-order valence-corrected chi connectivity index (χ0v) is 19.3. The number of unbranched alkanes of at least 4 members (excludes halogenated alkanes) is 1. The first-order chi connectivity index (χ1) is 15.8. The van der Waals surface area contributed by atoms with Gasteiger partial charge in [0, 0.05) is 25.6 Å². The molecule has 0 aliphatic rings. The molecule has 2 aromatic heterocycles. The van der Waals surface area contributed by atoms with Crippen LogP contribution >= 0.6 is 0 Å². The number of carbonyl (C=O) groups excluding carboxylic acids is 2. The molecule has 0 radical (unpaired) electrons. The molecule has 0 fully saturated rings. The largest absolute Gasteiger partial charge is 0.469 e. The van der Waals surface area contributed by atoms with Crippen molar-refractivity contribution in [2.75, 3.05) is 25.0 Å². The van der Waals surface area contributed by atoms with E-state index in [2.05, 4.69) is 15.0 Å². The first kappa shape index (κ1) is 24.2. The number of carbonyl (C=O) groups is 2. The van der Waals surface area contributed by atoms with E-state index in [-0.39, 0.29) is 41.8 Å². The first-order valence-electron chi connectivity index (χ1n) is 10.2. The van der Waals surface area contributed by atoms with Gasteiger partial charge >= 0.3 is 5.97 Å². The average molecular weight is 478 g/mol. The van der Waals surface area contributed by atoms with Gasteiger partial charge in [0.1, 0.15) is 17.4 Å². The monoisotopic (exact) mass is 477 g/mol. The number of aryl methyl sites for hydroxylation is 1. The molecule has 176 valence electrons. The third kappa shape index (κ3) is 5.30. The SMILES string of the molecule is CNC(=O)c1c(-c2ccc(F)cc2)oc2nc(N(CCCCC(=O)OC)[SH](=O)=O)c(C)cc12. The van der Waals surface area contributed by atoms with Gasteiger partial charge in [0.05, 0.1) is 18.1 Å². The zero-order chi connectivity index (χ0) is 24.1. The van der Waals surface area contributed by atoms with Gasteiger partial charge in [-0.1, -0.05) is 0 Å². The van der Waals surface area contributed by atoms with Crippen LogP contribution in [-0.4, -0.2) is 46.0 Å². The molecule has 0 unspecified atom stereocenters. The van der Waals surface area contributed by atoms with E-state index in [4.69, 9.17) is 4.42 Å².